The molecular formula is C19H24N2S. The van der Waals surface area contributed by atoms with Gasteiger partial charge in [-0.3, -0.25) is 4.90 Å². The topological polar surface area (TPSA) is 16.1 Å². The molecule has 0 saturated carbocycles. The minimum Gasteiger partial charge on any atom is -0.294 e. The highest BCUT2D eigenvalue weighted by Crippen LogP contribution is 2.33. The molecule has 1 unspecified atom stereocenters. The van der Waals surface area contributed by atoms with Crippen LogP contribution in [0.3, 0.4) is 0 Å². The lowest BCUT2D eigenvalue weighted by Gasteiger charge is -2.38. The minimum absolute atomic E-state index is 0.539. The molecule has 1 saturated heterocycles. The van der Waals surface area contributed by atoms with E-state index in [2.05, 4.69) is 66.3 Å². The van der Waals surface area contributed by atoms with E-state index in [0.29, 0.717) is 12.1 Å². The van der Waals surface area contributed by atoms with Crippen molar-refractivity contribution in [2.75, 3.05) is 6.54 Å². The van der Waals surface area contributed by atoms with Gasteiger partial charge in [0.1, 0.15) is 5.03 Å². The van der Waals surface area contributed by atoms with Crippen molar-refractivity contribution in [1.82, 2.24) is 9.88 Å². The summed E-state index contributed by atoms with van der Waals surface area (Å²) in [7, 11) is 0. The number of pyridine rings is 1. The van der Waals surface area contributed by atoms with E-state index in [4.69, 9.17) is 0 Å². The predicted octanol–water partition coefficient (Wildman–Crippen LogP) is 5.17. The highest BCUT2D eigenvalue weighted by atomic mass is 32.2. The highest BCUT2D eigenvalue weighted by molar-refractivity contribution is 7.99. The molecule has 0 radical (unpaired) electrons. The number of benzene rings is 1. The third-order valence-electron chi connectivity index (χ3n) is 4.32. The summed E-state index contributed by atoms with van der Waals surface area (Å²) in [4.78, 5) is 8.53. The van der Waals surface area contributed by atoms with E-state index in [0.717, 1.165) is 5.03 Å². The lowest BCUT2D eigenvalue weighted by atomic mass is 9.95. The predicted molar refractivity (Wildman–Crippen MR) is 93.2 cm³/mol. The van der Waals surface area contributed by atoms with Crippen LogP contribution in [0.1, 0.15) is 44.7 Å². The molecule has 1 aromatic heterocycles. The Hall–Kier alpha value is -1.32. The zero-order valence-corrected chi connectivity index (χ0v) is 14.2. The van der Waals surface area contributed by atoms with Crippen molar-refractivity contribution in [3.05, 3.63) is 54.2 Å². The Morgan fingerprint density at radius 2 is 1.91 bits per heavy atom. The summed E-state index contributed by atoms with van der Waals surface area (Å²) in [6.07, 6.45) is 5.99. The number of likely N-dealkylation sites (tertiary alicyclic amines) is 1. The number of rotatable bonds is 4. The molecule has 0 aliphatic carbocycles. The Bertz CT molecular complexity index is 580. The molecule has 2 nitrogen and oxygen atoms in total. The zero-order valence-electron chi connectivity index (χ0n) is 13.4. The molecule has 1 aliphatic heterocycles. The van der Waals surface area contributed by atoms with Gasteiger partial charge in [0, 0.05) is 23.2 Å². The van der Waals surface area contributed by atoms with E-state index in [9.17, 15) is 0 Å². The molecule has 0 spiro atoms. The average molecular weight is 312 g/mol. The summed E-state index contributed by atoms with van der Waals surface area (Å²) in [5, 5.41) is 1.07. The molecule has 1 aliphatic rings. The van der Waals surface area contributed by atoms with Crippen molar-refractivity contribution in [1.29, 1.82) is 0 Å². The van der Waals surface area contributed by atoms with Crippen molar-refractivity contribution >= 4 is 11.8 Å². The second-order valence-electron chi connectivity index (χ2n) is 6.19. The molecule has 0 amide bonds. The maximum atomic E-state index is 4.68. The summed E-state index contributed by atoms with van der Waals surface area (Å²) in [5.41, 5.74) is 1.37. The normalized spacial score (nSPS) is 19.5. The Kier molecular flexibility index (Phi) is 5.16. The van der Waals surface area contributed by atoms with Crippen LogP contribution >= 0.6 is 11.8 Å². The largest absolute Gasteiger partial charge is 0.294 e. The first-order valence-electron chi connectivity index (χ1n) is 8.18. The Morgan fingerprint density at radius 1 is 1.09 bits per heavy atom. The fraction of sp³-hybridized carbons (Fsp3) is 0.421. The number of hydrogen-bond donors (Lipinski definition) is 0. The van der Waals surface area contributed by atoms with Crippen LogP contribution < -0.4 is 0 Å². The molecular weight excluding hydrogens is 288 g/mol. The maximum Gasteiger partial charge on any atom is 0.101 e. The van der Waals surface area contributed by atoms with Gasteiger partial charge in [0.25, 0.3) is 0 Å². The molecule has 116 valence electrons. The smallest absolute Gasteiger partial charge is 0.101 e. The molecule has 0 N–H and O–H groups in total. The van der Waals surface area contributed by atoms with Gasteiger partial charge in [-0.2, -0.15) is 0 Å². The zero-order chi connectivity index (χ0) is 15.4. The van der Waals surface area contributed by atoms with E-state index >= 15 is 0 Å². The standard InChI is InChI=1S/C19H24N2S/c1-15(2)21-13-7-6-10-18(21)16-11-12-19(20-14-16)22-17-8-4-3-5-9-17/h3-5,8-9,11-12,14-15,18H,6-7,10,13H2,1-2H3. The number of nitrogens with zero attached hydrogens (tertiary/aromatic N) is 2. The Labute approximate surface area is 138 Å². The van der Waals surface area contributed by atoms with Crippen LogP contribution in [0.5, 0.6) is 0 Å². The molecule has 1 fully saturated rings. The van der Waals surface area contributed by atoms with Gasteiger partial charge in [0.15, 0.2) is 0 Å². The third-order valence-corrected chi connectivity index (χ3v) is 5.28. The van der Waals surface area contributed by atoms with Crippen molar-refractivity contribution in [3.8, 4) is 0 Å². The van der Waals surface area contributed by atoms with Crippen LogP contribution in [0.2, 0.25) is 0 Å². The van der Waals surface area contributed by atoms with Gasteiger partial charge in [0.2, 0.25) is 0 Å². The van der Waals surface area contributed by atoms with Crippen molar-refractivity contribution in [2.24, 2.45) is 0 Å². The van der Waals surface area contributed by atoms with Crippen LogP contribution in [0, 0.1) is 0 Å². The van der Waals surface area contributed by atoms with Crippen LogP contribution in [0.4, 0.5) is 0 Å². The average Bonchev–Trinajstić information content (AvgIpc) is 2.56. The molecule has 2 heterocycles. The maximum absolute atomic E-state index is 4.68. The molecule has 0 bridgehead atoms. The van der Waals surface area contributed by atoms with Gasteiger partial charge in [-0.25, -0.2) is 4.98 Å². The van der Waals surface area contributed by atoms with E-state index in [1.807, 2.05) is 6.07 Å². The Balaban J connectivity index is 1.73. The molecule has 3 rings (SSSR count). The summed E-state index contributed by atoms with van der Waals surface area (Å²) in [6.45, 7) is 5.81. The molecule has 1 aromatic carbocycles. The summed E-state index contributed by atoms with van der Waals surface area (Å²) >= 11 is 1.73. The summed E-state index contributed by atoms with van der Waals surface area (Å²) in [5.74, 6) is 0. The third kappa shape index (κ3) is 3.71. The van der Waals surface area contributed by atoms with E-state index in [1.165, 1.54) is 36.3 Å². The highest BCUT2D eigenvalue weighted by Gasteiger charge is 2.25. The van der Waals surface area contributed by atoms with Crippen LogP contribution in [-0.2, 0) is 0 Å². The summed E-state index contributed by atoms with van der Waals surface area (Å²) < 4.78 is 0. The van der Waals surface area contributed by atoms with Gasteiger partial charge in [-0.15, -0.1) is 0 Å². The molecule has 3 heteroatoms. The second kappa shape index (κ2) is 7.30. The first kappa shape index (κ1) is 15.6. The molecule has 22 heavy (non-hydrogen) atoms. The lowest BCUT2D eigenvalue weighted by molar-refractivity contribution is 0.112. The second-order valence-corrected chi connectivity index (χ2v) is 7.28. The lowest BCUT2D eigenvalue weighted by Crippen LogP contribution is -2.38. The number of piperidine rings is 1. The van der Waals surface area contributed by atoms with Crippen molar-refractivity contribution in [2.45, 2.75) is 55.1 Å². The molecule has 2 aromatic rings. The van der Waals surface area contributed by atoms with Gasteiger partial charge in [-0.1, -0.05) is 42.4 Å². The Morgan fingerprint density at radius 3 is 2.59 bits per heavy atom. The van der Waals surface area contributed by atoms with Gasteiger partial charge in [-0.05, 0) is 57.0 Å². The van der Waals surface area contributed by atoms with Crippen molar-refractivity contribution in [3.63, 3.8) is 0 Å². The first-order chi connectivity index (χ1) is 10.7. The first-order valence-corrected chi connectivity index (χ1v) is 9.00. The van der Waals surface area contributed by atoms with Crippen LogP contribution in [0.15, 0.2) is 58.6 Å². The summed E-state index contributed by atoms with van der Waals surface area (Å²) in [6, 6.07) is 16.0. The van der Waals surface area contributed by atoms with Gasteiger partial charge >= 0.3 is 0 Å². The quantitative estimate of drug-likeness (QED) is 0.775. The number of hydrogen-bond acceptors (Lipinski definition) is 3. The van der Waals surface area contributed by atoms with Crippen LogP contribution in [-0.4, -0.2) is 22.5 Å². The number of aromatic nitrogens is 1. The van der Waals surface area contributed by atoms with E-state index < -0.39 is 0 Å². The van der Waals surface area contributed by atoms with E-state index in [1.54, 1.807) is 11.8 Å². The van der Waals surface area contributed by atoms with E-state index in [-0.39, 0.29) is 0 Å². The van der Waals surface area contributed by atoms with Crippen LogP contribution in [0.25, 0.3) is 0 Å². The fourth-order valence-corrected chi connectivity index (χ4v) is 3.96. The van der Waals surface area contributed by atoms with Gasteiger partial charge in [0.05, 0.1) is 0 Å². The minimum atomic E-state index is 0.539. The SMILES string of the molecule is CC(C)N1CCCCC1c1ccc(Sc2ccccc2)nc1. The van der Waals surface area contributed by atoms with Crippen molar-refractivity contribution < 1.29 is 0 Å². The molecule has 1 atom stereocenters. The monoisotopic (exact) mass is 312 g/mol. The van der Waals surface area contributed by atoms with Gasteiger partial charge < -0.3 is 0 Å². The fourth-order valence-electron chi connectivity index (χ4n) is 3.19.